The number of carbonyl (C=O) groups excluding carboxylic acids is 5. The molecule has 12 heteroatoms. The summed E-state index contributed by atoms with van der Waals surface area (Å²) in [6.07, 6.45) is -2.51. The summed E-state index contributed by atoms with van der Waals surface area (Å²) >= 11 is 6.07. The average Bonchev–Trinajstić information content (AvgIpc) is 2.91. The summed E-state index contributed by atoms with van der Waals surface area (Å²) in [7, 11) is 0.965. The molecule has 0 saturated carbocycles. The highest BCUT2D eigenvalue weighted by molar-refractivity contribution is 6.34. The Balaban J connectivity index is 2.83. The second kappa shape index (κ2) is 9.13. The number of nitrogens with zero attached hydrogens (tertiary/aromatic N) is 2. The number of esters is 1. The first kappa shape index (κ1) is 26.9. The van der Waals surface area contributed by atoms with Gasteiger partial charge in [-0.1, -0.05) is 11.6 Å². The highest BCUT2D eigenvalue weighted by Gasteiger charge is 2.67. The van der Waals surface area contributed by atoms with E-state index in [1.807, 2.05) is 0 Å². The molecule has 0 aliphatic carbocycles. The molecule has 1 N–H and O–H groups in total. The minimum Gasteiger partial charge on any atom is -0.465 e. The van der Waals surface area contributed by atoms with Crippen LogP contribution in [0.3, 0.4) is 0 Å². The number of amides is 3. The van der Waals surface area contributed by atoms with Gasteiger partial charge in [0.05, 0.1) is 12.8 Å². The van der Waals surface area contributed by atoms with E-state index < -0.39 is 46.7 Å². The number of carbonyl (C=O) groups is 5. The third-order valence-electron chi connectivity index (χ3n) is 4.37. The molecular weight excluding hydrogens is 470 g/mol. The van der Waals surface area contributed by atoms with Gasteiger partial charge in [-0.15, -0.1) is 0 Å². The van der Waals surface area contributed by atoms with Crippen LogP contribution in [0.15, 0.2) is 18.2 Å². The van der Waals surface area contributed by atoms with Crippen molar-refractivity contribution in [3.05, 3.63) is 28.8 Å². The number of benzene rings is 1. The average molecular weight is 498 g/mol. The second-order valence-electron chi connectivity index (χ2n) is 9.44. The zero-order valence-corrected chi connectivity index (χ0v) is 21.0. The number of anilines is 1. The van der Waals surface area contributed by atoms with E-state index in [2.05, 4.69) is 5.43 Å². The van der Waals surface area contributed by atoms with Gasteiger partial charge in [-0.3, -0.25) is 14.5 Å². The van der Waals surface area contributed by atoms with E-state index in [1.54, 1.807) is 20.8 Å². The molecule has 0 radical (unpaired) electrons. The molecule has 1 aliphatic heterocycles. The Morgan fingerprint density at radius 2 is 1.59 bits per heavy atom. The van der Waals surface area contributed by atoms with E-state index in [9.17, 15) is 24.0 Å². The predicted molar refractivity (Wildman–Crippen MR) is 121 cm³/mol. The van der Waals surface area contributed by atoms with E-state index in [0.29, 0.717) is 5.01 Å². The van der Waals surface area contributed by atoms with Crippen molar-refractivity contribution in [2.75, 3.05) is 12.0 Å². The molecule has 34 heavy (non-hydrogen) atoms. The van der Waals surface area contributed by atoms with Gasteiger partial charge in [0.15, 0.2) is 0 Å². The first-order valence-corrected chi connectivity index (χ1v) is 10.6. The maximum atomic E-state index is 13.7. The number of hydrogen-bond acceptors (Lipinski definition) is 8. The summed E-state index contributed by atoms with van der Waals surface area (Å²) < 4.78 is 15.4. The molecule has 0 bridgehead atoms. The summed E-state index contributed by atoms with van der Waals surface area (Å²) in [6.45, 7) is 10.4. The van der Waals surface area contributed by atoms with E-state index in [-0.39, 0.29) is 16.3 Å². The Morgan fingerprint density at radius 1 is 1.03 bits per heavy atom. The first-order valence-electron chi connectivity index (χ1n) is 10.2. The Morgan fingerprint density at radius 3 is 2.06 bits per heavy atom. The van der Waals surface area contributed by atoms with Crippen LogP contribution >= 0.6 is 11.6 Å². The number of Topliss-reactive ketones (excluding diaryl/α,β-unsaturated/α-hetero) is 1. The lowest BCUT2D eigenvalue weighted by molar-refractivity contribution is -0.154. The van der Waals surface area contributed by atoms with Crippen molar-refractivity contribution >= 4 is 47.1 Å². The Labute approximate surface area is 202 Å². The van der Waals surface area contributed by atoms with Gasteiger partial charge >= 0.3 is 23.8 Å². The van der Waals surface area contributed by atoms with Crippen LogP contribution < -0.4 is 10.3 Å². The van der Waals surface area contributed by atoms with Crippen LogP contribution in [0.25, 0.3) is 0 Å². The molecule has 3 amide bonds. The normalized spacial score (nSPS) is 17.6. The topological polar surface area (TPSA) is 132 Å². The Hall–Kier alpha value is -3.34. The highest BCUT2D eigenvalue weighted by atomic mass is 35.5. The molecule has 1 aromatic carbocycles. The number of halogens is 1. The summed E-state index contributed by atoms with van der Waals surface area (Å²) in [5, 5.41) is 0.470. The standard InChI is InChI=1S/C22H28ClN3O8/c1-12(27)25-15-11-13(23)9-10-14(15)16(28)22(25,17(29)32-8)26(19(31)34-21(5,6)7)24-18(30)33-20(2,3)4/h9-11H,1-8H3,(H,24,30)/t22-/m1/s1. The third-order valence-corrected chi connectivity index (χ3v) is 4.61. The molecule has 11 nitrogen and oxygen atoms in total. The Bertz CT molecular complexity index is 1040. The molecule has 1 aliphatic rings. The molecule has 1 heterocycles. The summed E-state index contributed by atoms with van der Waals surface area (Å²) in [5.41, 5.74) is -2.98. The van der Waals surface area contributed by atoms with Gasteiger partial charge in [0, 0.05) is 17.5 Å². The zero-order valence-electron chi connectivity index (χ0n) is 20.3. The number of hydrazine groups is 1. The van der Waals surface area contributed by atoms with E-state index in [0.717, 1.165) is 18.9 Å². The van der Waals surface area contributed by atoms with E-state index in [4.69, 9.17) is 25.8 Å². The maximum absolute atomic E-state index is 13.7. The summed E-state index contributed by atoms with van der Waals surface area (Å²) in [5.74, 6) is -3.18. The number of rotatable bonds is 2. The number of nitrogens with one attached hydrogen (secondary N) is 1. The molecule has 0 saturated heterocycles. The Kier molecular flexibility index (Phi) is 7.22. The minimum atomic E-state index is -2.81. The van der Waals surface area contributed by atoms with Crippen molar-refractivity contribution in [3.63, 3.8) is 0 Å². The van der Waals surface area contributed by atoms with Gasteiger partial charge in [-0.2, -0.15) is 5.01 Å². The van der Waals surface area contributed by atoms with Crippen LogP contribution in [0.4, 0.5) is 15.3 Å². The molecule has 2 rings (SSSR count). The summed E-state index contributed by atoms with van der Waals surface area (Å²) in [6, 6.07) is 3.95. The van der Waals surface area contributed by atoms with Crippen LogP contribution in [0.5, 0.6) is 0 Å². The van der Waals surface area contributed by atoms with Gasteiger partial charge in [0.25, 0.3) is 0 Å². The third kappa shape index (κ3) is 5.09. The van der Waals surface area contributed by atoms with E-state index in [1.165, 1.54) is 39.0 Å². The van der Waals surface area contributed by atoms with Gasteiger partial charge < -0.3 is 14.2 Å². The number of ether oxygens (including phenoxy) is 3. The van der Waals surface area contributed by atoms with Crippen molar-refractivity contribution in [2.24, 2.45) is 0 Å². The van der Waals surface area contributed by atoms with Crippen molar-refractivity contribution in [1.29, 1.82) is 0 Å². The lowest BCUT2D eigenvalue weighted by atomic mass is 10.0. The fourth-order valence-corrected chi connectivity index (χ4v) is 3.49. The highest BCUT2D eigenvalue weighted by Crippen LogP contribution is 2.43. The van der Waals surface area contributed by atoms with Gasteiger partial charge in [0.1, 0.15) is 11.2 Å². The van der Waals surface area contributed by atoms with Gasteiger partial charge in [0.2, 0.25) is 11.7 Å². The number of hydrogen-bond donors (Lipinski definition) is 1. The summed E-state index contributed by atoms with van der Waals surface area (Å²) in [4.78, 5) is 66.6. The predicted octanol–water partition coefficient (Wildman–Crippen LogP) is 3.44. The molecular formula is C22H28ClN3O8. The van der Waals surface area contributed by atoms with Crippen molar-refractivity contribution in [1.82, 2.24) is 10.4 Å². The lowest BCUT2D eigenvalue weighted by Gasteiger charge is -2.42. The molecule has 0 aromatic heterocycles. The molecule has 186 valence electrons. The lowest BCUT2D eigenvalue weighted by Crippen LogP contribution is -2.74. The van der Waals surface area contributed by atoms with E-state index >= 15 is 0 Å². The fourth-order valence-electron chi connectivity index (χ4n) is 3.32. The molecule has 0 spiro atoms. The molecule has 0 fully saturated rings. The largest absolute Gasteiger partial charge is 0.465 e. The maximum Gasteiger partial charge on any atom is 0.432 e. The number of ketones is 1. The SMILES string of the molecule is COC(=O)[C@]1(N(NC(=O)OC(C)(C)C)C(=O)OC(C)(C)C)C(=O)c2ccc(Cl)cc2N1C(C)=O. The minimum absolute atomic E-state index is 0.0602. The molecule has 1 atom stereocenters. The van der Waals surface area contributed by atoms with Crippen LogP contribution in [-0.4, -0.2) is 58.8 Å². The van der Waals surface area contributed by atoms with Crippen LogP contribution in [-0.2, 0) is 23.8 Å². The van der Waals surface area contributed by atoms with Crippen LogP contribution in [0.2, 0.25) is 5.02 Å². The van der Waals surface area contributed by atoms with Gasteiger partial charge in [-0.25, -0.2) is 19.8 Å². The van der Waals surface area contributed by atoms with Crippen LogP contribution in [0, 0.1) is 0 Å². The molecule has 0 unspecified atom stereocenters. The second-order valence-corrected chi connectivity index (χ2v) is 9.87. The number of methoxy groups -OCH3 is 1. The van der Waals surface area contributed by atoms with Crippen molar-refractivity contribution in [2.45, 2.75) is 65.3 Å². The monoisotopic (exact) mass is 497 g/mol. The zero-order chi connectivity index (χ0) is 26.2. The fraction of sp³-hybridized carbons (Fsp3) is 0.500. The van der Waals surface area contributed by atoms with Gasteiger partial charge in [-0.05, 0) is 59.7 Å². The van der Waals surface area contributed by atoms with Crippen LogP contribution in [0.1, 0.15) is 58.8 Å². The first-order chi connectivity index (χ1) is 15.5. The quantitative estimate of drug-likeness (QED) is 0.284. The smallest absolute Gasteiger partial charge is 0.432 e. The van der Waals surface area contributed by atoms with Crippen molar-refractivity contribution in [3.8, 4) is 0 Å². The van der Waals surface area contributed by atoms with Crippen molar-refractivity contribution < 1.29 is 38.2 Å². The molecule has 1 aromatic rings. The number of fused-ring (bicyclic) bond motifs is 1.